The van der Waals surface area contributed by atoms with E-state index in [1.54, 1.807) is 10.6 Å². The molecule has 0 spiro atoms. The van der Waals surface area contributed by atoms with Gasteiger partial charge in [0.25, 0.3) is 5.91 Å². The molecule has 6 nitrogen and oxygen atoms in total. The van der Waals surface area contributed by atoms with Crippen molar-refractivity contribution in [3.63, 3.8) is 0 Å². The summed E-state index contributed by atoms with van der Waals surface area (Å²) < 4.78 is 1.71. The minimum absolute atomic E-state index is 0.156. The van der Waals surface area contributed by atoms with Gasteiger partial charge >= 0.3 is 0 Å². The maximum absolute atomic E-state index is 12.4. The van der Waals surface area contributed by atoms with Gasteiger partial charge in [-0.2, -0.15) is 0 Å². The Morgan fingerprint density at radius 1 is 1.19 bits per heavy atom. The first-order chi connectivity index (χ1) is 13.1. The van der Waals surface area contributed by atoms with Crippen LogP contribution in [-0.4, -0.2) is 32.8 Å². The molecule has 2 heterocycles. The van der Waals surface area contributed by atoms with Gasteiger partial charge in [0.1, 0.15) is 12.0 Å². The summed E-state index contributed by atoms with van der Waals surface area (Å²) in [4.78, 5) is 21.1. The zero-order valence-electron chi connectivity index (χ0n) is 14.6. The molecule has 0 radical (unpaired) electrons. The summed E-state index contributed by atoms with van der Waals surface area (Å²) in [6.45, 7) is 2.29. The van der Waals surface area contributed by atoms with E-state index in [1.165, 1.54) is 6.33 Å². The van der Waals surface area contributed by atoms with Crippen LogP contribution in [0.4, 0.5) is 0 Å². The highest BCUT2D eigenvalue weighted by atomic mass is 35.5. The third kappa shape index (κ3) is 2.93. The topological polar surface area (TPSA) is 79.5 Å². The maximum Gasteiger partial charge on any atom is 0.271 e. The lowest BCUT2D eigenvalue weighted by Gasteiger charge is -2.12. The summed E-state index contributed by atoms with van der Waals surface area (Å²) in [5.41, 5.74) is 3.32. The minimum Gasteiger partial charge on any atom is -0.367 e. The largest absolute Gasteiger partial charge is 0.367 e. The van der Waals surface area contributed by atoms with Crippen molar-refractivity contribution in [3.05, 3.63) is 82.4 Å². The molecule has 3 aromatic rings. The van der Waals surface area contributed by atoms with Crippen molar-refractivity contribution in [2.45, 2.75) is 13.2 Å². The van der Waals surface area contributed by atoms with E-state index in [9.17, 15) is 9.90 Å². The molecule has 136 valence electrons. The normalized spacial score (nSPS) is 15.4. The number of rotatable bonds is 3. The Bertz CT molecular complexity index is 1060. The van der Waals surface area contributed by atoms with Crippen LogP contribution in [0.15, 0.2) is 59.9 Å². The number of carbonyl (C=O) groups is 1. The number of para-hydroxylation sites is 1. The Hall–Kier alpha value is -2.96. The van der Waals surface area contributed by atoms with Crippen molar-refractivity contribution < 1.29 is 9.90 Å². The molecule has 1 unspecified atom stereocenters. The number of aromatic nitrogens is 2. The van der Waals surface area contributed by atoms with Crippen LogP contribution in [-0.2, 0) is 0 Å². The monoisotopic (exact) mass is 380 g/mol. The summed E-state index contributed by atoms with van der Waals surface area (Å²) in [6, 6.07) is 14.9. The van der Waals surface area contributed by atoms with E-state index in [0.717, 1.165) is 11.3 Å². The number of halogens is 1. The highest BCUT2D eigenvalue weighted by molar-refractivity contribution is 6.35. The number of nitrogens with zero attached hydrogens (tertiary/aromatic N) is 3. The van der Waals surface area contributed by atoms with Gasteiger partial charge in [-0.05, 0) is 19.1 Å². The van der Waals surface area contributed by atoms with Crippen LogP contribution in [0.3, 0.4) is 0 Å². The number of hydrogen-bond donors (Lipinski definition) is 2. The van der Waals surface area contributed by atoms with Gasteiger partial charge in [-0.15, -0.1) is 0 Å². The smallest absolute Gasteiger partial charge is 0.271 e. The summed E-state index contributed by atoms with van der Waals surface area (Å²) >= 11 is 6.39. The lowest BCUT2D eigenvalue weighted by atomic mass is 10.0. The van der Waals surface area contributed by atoms with Gasteiger partial charge in [-0.1, -0.05) is 48.0 Å². The van der Waals surface area contributed by atoms with Gasteiger partial charge in [0.15, 0.2) is 11.9 Å². The van der Waals surface area contributed by atoms with Crippen molar-refractivity contribution in [1.82, 2.24) is 14.9 Å². The summed E-state index contributed by atoms with van der Waals surface area (Å²) in [7, 11) is 0. The highest BCUT2D eigenvalue weighted by Gasteiger charge is 2.29. The van der Waals surface area contributed by atoms with Crippen LogP contribution in [0.5, 0.6) is 0 Å². The molecule has 4 rings (SSSR count). The van der Waals surface area contributed by atoms with Crippen molar-refractivity contribution in [3.8, 4) is 5.69 Å². The zero-order chi connectivity index (χ0) is 19.0. The van der Waals surface area contributed by atoms with E-state index in [2.05, 4.69) is 15.3 Å². The highest BCUT2D eigenvalue weighted by Crippen LogP contribution is 2.32. The van der Waals surface area contributed by atoms with E-state index in [-0.39, 0.29) is 11.6 Å². The first kappa shape index (κ1) is 17.5. The van der Waals surface area contributed by atoms with Crippen LogP contribution in [0.1, 0.15) is 40.5 Å². The number of aliphatic imine (C=N–C) groups is 1. The molecule has 1 amide bonds. The molecule has 27 heavy (non-hydrogen) atoms. The second kappa shape index (κ2) is 6.98. The Kier molecular flexibility index (Phi) is 4.51. The Morgan fingerprint density at radius 3 is 2.63 bits per heavy atom. The fourth-order valence-electron chi connectivity index (χ4n) is 3.22. The van der Waals surface area contributed by atoms with E-state index >= 15 is 0 Å². The maximum atomic E-state index is 12.4. The number of carbonyl (C=O) groups excluding carboxylic acids is 1. The molecular formula is C20H17ClN4O2. The molecule has 2 aromatic carbocycles. The van der Waals surface area contributed by atoms with Crippen molar-refractivity contribution in [1.29, 1.82) is 0 Å². The van der Waals surface area contributed by atoms with Crippen molar-refractivity contribution in [2.75, 3.05) is 6.54 Å². The van der Waals surface area contributed by atoms with Crippen molar-refractivity contribution in [2.24, 2.45) is 4.99 Å². The number of aliphatic hydroxyl groups is 1. The number of fused-ring (bicyclic) bond motifs is 3. The average Bonchev–Trinajstić information content (AvgIpc) is 3.07. The molecule has 0 fully saturated rings. The van der Waals surface area contributed by atoms with Crippen LogP contribution < -0.4 is 5.32 Å². The molecule has 2 N–H and O–H groups in total. The van der Waals surface area contributed by atoms with Crippen LogP contribution >= 0.6 is 11.6 Å². The molecule has 0 saturated heterocycles. The van der Waals surface area contributed by atoms with E-state index < -0.39 is 6.23 Å². The standard InChI is InChI=1S/C20H17ClN4O2/c1-2-22-19(26)17-18-20(27)24-16(12-7-3-5-9-14(12)21)13-8-4-6-10-15(13)25(18)11-23-17/h3-11,20,27H,2H2,1H3,(H,22,26). The minimum atomic E-state index is -1.26. The number of imidazole rings is 1. The quantitative estimate of drug-likeness (QED) is 0.732. The Balaban J connectivity index is 1.97. The zero-order valence-corrected chi connectivity index (χ0v) is 15.3. The molecule has 1 atom stereocenters. The SMILES string of the molecule is CCNC(=O)c1ncn2c1C(O)N=C(c1ccccc1Cl)c1ccccc1-2. The first-order valence-electron chi connectivity index (χ1n) is 8.57. The lowest BCUT2D eigenvalue weighted by molar-refractivity contribution is 0.0943. The van der Waals surface area contributed by atoms with Crippen LogP contribution in [0, 0.1) is 0 Å². The first-order valence-corrected chi connectivity index (χ1v) is 8.95. The molecular weight excluding hydrogens is 364 g/mol. The van der Waals surface area contributed by atoms with Gasteiger partial charge in [0.05, 0.1) is 11.4 Å². The van der Waals surface area contributed by atoms with Crippen molar-refractivity contribution >= 4 is 23.2 Å². The Labute approximate surface area is 161 Å². The van der Waals surface area contributed by atoms with Gasteiger partial charge in [-0.3, -0.25) is 9.36 Å². The number of hydrogen-bond acceptors (Lipinski definition) is 4. The number of benzene rings is 2. The molecule has 1 aromatic heterocycles. The van der Waals surface area contributed by atoms with E-state index in [4.69, 9.17) is 11.6 Å². The summed E-state index contributed by atoms with van der Waals surface area (Å²) in [5.74, 6) is -0.348. The average molecular weight is 381 g/mol. The summed E-state index contributed by atoms with van der Waals surface area (Å²) in [6.07, 6.45) is 0.274. The summed E-state index contributed by atoms with van der Waals surface area (Å²) in [5, 5.41) is 14.1. The fraction of sp³-hybridized carbons (Fsp3) is 0.150. The second-order valence-corrected chi connectivity index (χ2v) is 6.46. The molecule has 0 aliphatic carbocycles. The molecule has 7 heteroatoms. The predicted molar refractivity (Wildman–Crippen MR) is 104 cm³/mol. The second-order valence-electron chi connectivity index (χ2n) is 6.06. The van der Waals surface area contributed by atoms with Gasteiger partial charge in [0, 0.05) is 22.7 Å². The van der Waals surface area contributed by atoms with Crippen LogP contribution in [0.2, 0.25) is 5.02 Å². The molecule has 0 bridgehead atoms. The van der Waals surface area contributed by atoms with Gasteiger partial charge in [0.2, 0.25) is 0 Å². The number of aliphatic hydroxyl groups excluding tert-OH is 1. The number of nitrogens with one attached hydrogen (secondary N) is 1. The Morgan fingerprint density at radius 2 is 1.89 bits per heavy atom. The molecule has 0 saturated carbocycles. The molecule has 1 aliphatic heterocycles. The number of amides is 1. The van der Waals surface area contributed by atoms with Gasteiger partial charge in [-0.25, -0.2) is 9.98 Å². The van der Waals surface area contributed by atoms with E-state index in [1.807, 2.05) is 49.4 Å². The lowest BCUT2D eigenvalue weighted by Crippen LogP contribution is -2.25. The fourth-order valence-corrected chi connectivity index (χ4v) is 3.45. The molecule has 1 aliphatic rings. The third-order valence-corrected chi connectivity index (χ3v) is 4.73. The van der Waals surface area contributed by atoms with Crippen LogP contribution in [0.25, 0.3) is 5.69 Å². The van der Waals surface area contributed by atoms with Gasteiger partial charge < -0.3 is 10.4 Å². The van der Waals surface area contributed by atoms with E-state index in [0.29, 0.717) is 28.5 Å². The predicted octanol–water partition coefficient (Wildman–Crippen LogP) is 3.12. The third-order valence-electron chi connectivity index (χ3n) is 4.40.